The summed E-state index contributed by atoms with van der Waals surface area (Å²) in [4.78, 5) is 29.8. The van der Waals surface area contributed by atoms with E-state index in [4.69, 9.17) is 9.15 Å². The van der Waals surface area contributed by atoms with Crippen LogP contribution < -0.4 is 15.5 Å². The van der Waals surface area contributed by atoms with Crippen LogP contribution in [-0.4, -0.2) is 17.5 Å². The van der Waals surface area contributed by atoms with Crippen LogP contribution in [0.4, 0.5) is 5.69 Å². The van der Waals surface area contributed by atoms with E-state index >= 15 is 0 Å². The third kappa shape index (κ3) is 3.76. The first-order valence-electron chi connectivity index (χ1n) is 9.99. The fourth-order valence-electron chi connectivity index (χ4n) is 3.30. The Balaban J connectivity index is 1.69. The highest BCUT2D eigenvalue weighted by molar-refractivity contribution is 6.08. The van der Waals surface area contributed by atoms with E-state index in [1.165, 1.54) is 6.07 Å². The summed E-state index contributed by atoms with van der Waals surface area (Å²) in [5, 5.41) is 4.05. The Hall–Kier alpha value is -3.67. The fraction of sp³-hybridized carbons (Fsp3) is 0.208. The number of benzene rings is 2. The number of nitrogens with zero attached hydrogens (tertiary/aromatic N) is 1. The standard InChI is InChI=1S/C24H22N2O4/c1-3-12-29-21-10-8-18(16-6-5-11-25-23(16)21)26-24(28)22-14-19(27)17-13-15(4-2)7-9-20(17)30-22/h5-11,13-14H,3-4,12H2,1-2H3,(H,26,28). The van der Waals surface area contributed by atoms with Crippen molar-refractivity contribution in [2.24, 2.45) is 0 Å². The molecule has 2 aromatic carbocycles. The van der Waals surface area contributed by atoms with Crippen LogP contribution in [0.3, 0.4) is 0 Å². The minimum Gasteiger partial charge on any atom is -0.491 e. The molecule has 1 N–H and O–H groups in total. The number of hydrogen-bond donors (Lipinski definition) is 1. The molecule has 1 amide bonds. The SMILES string of the molecule is CCCOc1ccc(NC(=O)c2cc(=O)c3cc(CC)ccc3o2)c2cccnc12. The average molecular weight is 402 g/mol. The molecule has 6 heteroatoms. The van der Waals surface area contributed by atoms with E-state index in [1.807, 2.05) is 26.0 Å². The van der Waals surface area contributed by atoms with Gasteiger partial charge in [0.05, 0.1) is 17.7 Å². The summed E-state index contributed by atoms with van der Waals surface area (Å²) >= 11 is 0. The summed E-state index contributed by atoms with van der Waals surface area (Å²) in [6.07, 6.45) is 3.38. The Kier molecular flexibility index (Phi) is 5.48. The van der Waals surface area contributed by atoms with Crippen LogP contribution in [0.15, 0.2) is 63.9 Å². The van der Waals surface area contributed by atoms with Crippen LogP contribution >= 0.6 is 0 Å². The van der Waals surface area contributed by atoms with Gasteiger partial charge in [-0.25, -0.2) is 0 Å². The van der Waals surface area contributed by atoms with Gasteiger partial charge in [-0.2, -0.15) is 0 Å². The molecule has 2 heterocycles. The van der Waals surface area contributed by atoms with E-state index in [0.29, 0.717) is 34.5 Å². The molecule has 30 heavy (non-hydrogen) atoms. The molecule has 0 radical (unpaired) electrons. The molecule has 0 aliphatic rings. The molecule has 0 aliphatic carbocycles. The number of aromatic nitrogens is 1. The Bertz CT molecular complexity index is 1290. The van der Waals surface area contributed by atoms with Crippen LogP contribution in [0.5, 0.6) is 5.75 Å². The second kappa shape index (κ2) is 8.37. The van der Waals surface area contributed by atoms with Gasteiger partial charge in [0.15, 0.2) is 11.2 Å². The van der Waals surface area contributed by atoms with Crippen molar-refractivity contribution in [3.8, 4) is 5.75 Å². The summed E-state index contributed by atoms with van der Waals surface area (Å²) < 4.78 is 11.5. The quantitative estimate of drug-likeness (QED) is 0.494. The van der Waals surface area contributed by atoms with E-state index in [-0.39, 0.29) is 11.2 Å². The summed E-state index contributed by atoms with van der Waals surface area (Å²) in [5.41, 5.74) is 2.41. The van der Waals surface area contributed by atoms with Crippen molar-refractivity contribution in [3.05, 3.63) is 76.3 Å². The molecule has 0 spiro atoms. The second-order valence-corrected chi connectivity index (χ2v) is 6.97. The van der Waals surface area contributed by atoms with Gasteiger partial charge in [-0.1, -0.05) is 19.9 Å². The van der Waals surface area contributed by atoms with Crippen LogP contribution in [0.25, 0.3) is 21.9 Å². The maximum absolute atomic E-state index is 12.8. The number of anilines is 1. The van der Waals surface area contributed by atoms with Gasteiger partial charge < -0.3 is 14.5 Å². The Labute approximate surface area is 173 Å². The van der Waals surface area contributed by atoms with Gasteiger partial charge in [-0.05, 0) is 54.8 Å². The van der Waals surface area contributed by atoms with Gasteiger partial charge in [0.25, 0.3) is 5.91 Å². The largest absolute Gasteiger partial charge is 0.491 e. The number of amides is 1. The third-order valence-electron chi connectivity index (χ3n) is 4.87. The number of fused-ring (bicyclic) bond motifs is 2. The molecule has 0 bridgehead atoms. The molecule has 0 saturated heterocycles. The predicted octanol–water partition coefficient (Wildman–Crippen LogP) is 4.94. The van der Waals surface area contributed by atoms with Crippen LogP contribution in [0, 0.1) is 0 Å². The lowest BCUT2D eigenvalue weighted by Gasteiger charge is -2.12. The van der Waals surface area contributed by atoms with E-state index in [0.717, 1.165) is 23.8 Å². The van der Waals surface area contributed by atoms with Crippen LogP contribution in [0.2, 0.25) is 0 Å². The molecular weight excluding hydrogens is 380 g/mol. The summed E-state index contributed by atoms with van der Waals surface area (Å²) in [6.45, 7) is 4.63. The maximum atomic E-state index is 12.8. The lowest BCUT2D eigenvalue weighted by Crippen LogP contribution is -2.15. The number of rotatable bonds is 6. The van der Waals surface area contributed by atoms with Crippen LogP contribution in [0.1, 0.15) is 36.4 Å². The molecule has 4 rings (SSSR count). The highest BCUT2D eigenvalue weighted by atomic mass is 16.5. The average Bonchev–Trinajstić information content (AvgIpc) is 2.78. The Morgan fingerprint density at radius 3 is 2.77 bits per heavy atom. The van der Waals surface area contributed by atoms with Crippen molar-refractivity contribution in [1.82, 2.24) is 4.98 Å². The molecule has 6 nitrogen and oxygen atoms in total. The molecule has 0 atom stereocenters. The van der Waals surface area contributed by atoms with E-state index in [9.17, 15) is 9.59 Å². The van der Waals surface area contributed by atoms with Crippen molar-refractivity contribution in [3.63, 3.8) is 0 Å². The summed E-state index contributed by atoms with van der Waals surface area (Å²) in [5.74, 6) is 0.121. The van der Waals surface area contributed by atoms with Gasteiger partial charge in [-0.15, -0.1) is 0 Å². The van der Waals surface area contributed by atoms with Crippen LogP contribution in [-0.2, 0) is 6.42 Å². The van der Waals surface area contributed by atoms with Crippen molar-refractivity contribution < 1.29 is 13.9 Å². The number of ether oxygens (including phenoxy) is 1. The molecule has 0 unspecified atom stereocenters. The molecular formula is C24H22N2O4. The predicted molar refractivity (Wildman–Crippen MR) is 117 cm³/mol. The highest BCUT2D eigenvalue weighted by Gasteiger charge is 2.16. The number of aryl methyl sites for hydroxylation is 1. The van der Waals surface area contributed by atoms with E-state index < -0.39 is 5.91 Å². The normalized spacial score (nSPS) is 11.0. The van der Waals surface area contributed by atoms with E-state index in [2.05, 4.69) is 10.3 Å². The zero-order valence-electron chi connectivity index (χ0n) is 16.9. The van der Waals surface area contributed by atoms with Gasteiger partial charge in [-0.3, -0.25) is 14.6 Å². The Morgan fingerprint density at radius 2 is 1.97 bits per heavy atom. The van der Waals surface area contributed by atoms with Gasteiger partial charge in [0, 0.05) is 17.6 Å². The molecule has 2 aromatic heterocycles. The van der Waals surface area contributed by atoms with Gasteiger partial charge in [0.2, 0.25) is 0 Å². The maximum Gasteiger partial charge on any atom is 0.291 e. The lowest BCUT2D eigenvalue weighted by atomic mass is 10.1. The monoisotopic (exact) mass is 402 g/mol. The number of carbonyl (C=O) groups is 1. The van der Waals surface area contributed by atoms with Gasteiger partial charge >= 0.3 is 0 Å². The molecule has 0 fully saturated rings. The number of pyridine rings is 1. The highest BCUT2D eigenvalue weighted by Crippen LogP contribution is 2.30. The molecule has 0 saturated carbocycles. The fourth-order valence-corrected chi connectivity index (χ4v) is 3.30. The number of hydrogen-bond acceptors (Lipinski definition) is 5. The minimum atomic E-state index is -0.499. The first-order chi connectivity index (χ1) is 14.6. The first kappa shape index (κ1) is 19.6. The Morgan fingerprint density at radius 1 is 1.10 bits per heavy atom. The minimum absolute atomic E-state index is 0.0416. The molecule has 152 valence electrons. The summed E-state index contributed by atoms with van der Waals surface area (Å²) in [7, 11) is 0. The van der Waals surface area contributed by atoms with Crippen molar-refractivity contribution >= 4 is 33.5 Å². The lowest BCUT2D eigenvalue weighted by molar-refractivity contribution is 0.0997. The second-order valence-electron chi connectivity index (χ2n) is 6.97. The van der Waals surface area contributed by atoms with Crippen molar-refractivity contribution in [1.29, 1.82) is 0 Å². The molecule has 0 aliphatic heterocycles. The summed E-state index contributed by atoms with van der Waals surface area (Å²) in [6, 6.07) is 13.9. The first-order valence-corrected chi connectivity index (χ1v) is 9.99. The zero-order valence-corrected chi connectivity index (χ0v) is 16.9. The third-order valence-corrected chi connectivity index (χ3v) is 4.87. The van der Waals surface area contributed by atoms with E-state index in [1.54, 1.807) is 36.5 Å². The zero-order chi connectivity index (χ0) is 21.1. The smallest absolute Gasteiger partial charge is 0.291 e. The number of carbonyl (C=O) groups excluding carboxylic acids is 1. The topological polar surface area (TPSA) is 81.4 Å². The molecule has 4 aromatic rings. The van der Waals surface area contributed by atoms with Crippen molar-refractivity contribution in [2.75, 3.05) is 11.9 Å². The van der Waals surface area contributed by atoms with Crippen molar-refractivity contribution in [2.45, 2.75) is 26.7 Å². The number of nitrogens with one attached hydrogen (secondary N) is 1. The van der Waals surface area contributed by atoms with Gasteiger partial charge in [0.1, 0.15) is 16.8 Å².